The second-order valence-electron chi connectivity index (χ2n) is 5.23. The summed E-state index contributed by atoms with van der Waals surface area (Å²) in [6.07, 6.45) is 2.12. The lowest BCUT2D eigenvalue weighted by Gasteiger charge is -2.47. The van der Waals surface area contributed by atoms with Crippen molar-refractivity contribution in [1.29, 1.82) is 0 Å². The highest BCUT2D eigenvalue weighted by atomic mass is 35.5. The fraction of sp³-hybridized carbons (Fsp3) is 0.600. The van der Waals surface area contributed by atoms with Crippen molar-refractivity contribution in [2.45, 2.75) is 38.8 Å². The van der Waals surface area contributed by atoms with Crippen LogP contribution < -0.4 is 5.32 Å². The first-order valence-corrected chi connectivity index (χ1v) is 7.39. The van der Waals surface area contributed by atoms with Crippen LogP contribution in [0.2, 0.25) is 5.02 Å². The minimum Gasteiger partial charge on any atom is -0.314 e. The number of halogens is 2. The van der Waals surface area contributed by atoms with Gasteiger partial charge in [-0.05, 0) is 25.0 Å². The number of benzene rings is 1. The molecule has 4 heteroatoms. The van der Waals surface area contributed by atoms with E-state index in [-0.39, 0.29) is 11.4 Å². The monoisotopic (exact) mass is 284 g/mol. The second kappa shape index (κ2) is 6.21. The lowest BCUT2D eigenvalue weighted by molar-refractivity contribution is 0.0439. The molecule has 1 saturated heterocycles. The number of nitrogens with one attached hydrogen (secondary N) is 1. The van der Waals surface area contributed by atoms with E-state index in [4.69, 9.17) is 11.6 Å². The summed E-state index contributed by atoms with van der Waals surface area (Å²) in [6.45, 7) is 7.85. The highest BCUT2D eigenvalue weighted by molar-refractivity contribution is 6.31. The Morgan fingerprint density at radius 1 is 1.37 bits per heavy atom. The van der Waals surface area contributed by atoms with Gasteiger partial charge in [0.1, 0.15) is 5.82 Å². The predicted octanol–water partition coefficient (Wildman–Crippen LogP) is 3.44. The van der Waals surface area contributed by atoms with Crippen LogP contribution in [0.4, 0.5) is 4.39 Å². The van der Waals surface area contributed by atoms with Crippen LogP contribution >= 0.6 is 11.6 Å². The fourth-order valence-electron chi connectivity index (χ4n) is 2.95. The van der Waals surface area contributed by atoms with E-state index >= 15 is 0 Å². The Morgan fingerprint density at radius 2 is 2.11 bits per heavy atom. The number of rotatable bonds is 4. The normalized spacial score (nSPS) is 19.6. The van der Waals surface area contributed by atoms with Crippen LogP contribution in [-0.4, -0.2) is 30.1 Å². The summed E-state index contributed by atoms with van der Waals surface area (Å²) < 4.78 is 13.9. The van der Waals surface area contributed by atoms with Gasteiger partial charge in [0.05, 0.1) is 0 Å². The average molecular weight is 285 g/mol. The predicted molar refractivity (Wildman–Crippen MR) is 78.0 cm³/mol. The van der Waals surface area contributed by atoms with E-state index in [0.29, 0.717) is 17.1 Å². The Hall–Kier alpha value is -0.640. The Morgan fingerprint density at radius 3 is 2.74 bits per heavy atom. The van der Waals surface area contributed by atoms with Gasteiger partial charge in [-0.3, -0.25) is 4.90 Å². The van der Waals surface area contributed by atoms with E-state index in [9.17, 15) is 4.39 Å². The molecule has 2 rings (SSSR count). The van der Waals surface area contributed by atoms with Crippen LogP contribution in [0.5, 0.6) is 0 Å². The van der Waals surface area contributed by atoms with Crippen LogP contribution in [0.3, 0.4) is 0 Å². The molecule has 0 bridgehead atoms. The molecule has 1 aliphatic rings. The molecule has 1 fully saturated rings. The van der Waals surface area contributed by atoms with Crippen LogP contribution in [-0.2, 0) is 6.54 Å². The second-order valence-corrected chi connectivity index (χ2v) is 5.64. The highest BCUT2D eigenvalue weighted by Gasteiger charge is 2.36. The Kier molecular flexibility index (Phi) is 4.82. The van der Waals surface area contributed by atoms with Gasteiger partial charge in [0.15, 0.2) is 0 Å². The molecule has 0 saturated carbocycles. The number of hydrogen-bond acceptors (Lipinski definition) is 2. The summed E-state index contributed by atoms with van der Waals surface area (Å²) in [6, 6.07) is 4.91. The van der Waals surface area contributed by atoms with Crippen molar-refractivity contribution in [1.82, 2.24) is 10.2 Å². The maximum absolute atomic E-state index is 13.9. The molecule has 1 aromatic rings. The molecule has 19 heavy (non-hydrogen) atoms. The van der Waals surface area contributed by atoms with Gasteiger partial charge in [0, 0.05) is 42.3 Å². The zero-order valence-electron chi connectivity index (χ0n) is 11.7. The quantitative estimate of drug-likeness (QED) is 0.911. The molecule has 1 heterocycles. The van der Waals surface area contributed by atoms with Crippen molar-refractivity contribution in [2.75, 3.05) is 19.6 Å². The molecule has 1 aromatic carbocycles. The topological polar surface area (TPSA) is 15.3 Å². The molecule has 0 amide bonds. The SMILES string of the molecule is CCC1(CC)CNCCN1Cc1c(F)cccc1Cl. The van der Waals surface area contributed by atoms with Crippen LogP contribution in [0.1, 0.15) is 32.3 Å². The molecule has 2 nitrogen and oxygen atoms in total. The first-order valence-electron chi connectivity index (χ1n) is 7.01. The lowest BCUT2D eigenvalue weighted by atomic mass is 9.88. The van der Waals surface area contributed by atoms with E-state index in [1.807, 2.05) is 0 Å². The van der Waals surface area contributed by atoms with Crippen molar-refractivity contribution < 1.29 is 4.39 Å². The van der Waals surface area contributed by atoms with E-state index in [1.165, 1.54) is 6.07 Å². The van der Waals surface area contributed by atoms with Gasteiger partial charge in [0.2, 0.25) is 0 Å². The lowest BCUT2D eigenvalue weighted by Crippen LogP contribution is -2.60. The third-order valence-corrected chi connectivity index (χ3v) is 4.76. The minimum absolute atomic E-state index is 0.115. The Bertz CT molecular complexity index is 412. The third kappa shape index (κ3) is 2.93. The molecule has 1 N–H and O–H groups in total. The van der Waals surface area contributed by atoms with Gasteiger partial charge in [0.25, 0.3) is 0 Å². The van der Waals surface area contributed by atoms with Crippen molar-refractivity contribution in [3.05, 3.63) is 34.6 Å². The van der Waals surface area contributed by atoms with Crippen LogP contribution in [0, 0.1) is 5.82 Å². The third-order valence-electron chi connectivity index (χ3n) is 4.41. The average Bonchev–Trinajstić information content (AvgIpc) is 2.43. The molecule has 0 unspecified atom stereocenters. The maximum atomic E-state index is 13.9. The van der Waals surface area contributed by atoms with Crippen molar-refractivity contribution >= 4 is 11.6 Å². The minimum atomic E-state index is -0.202. The summed E-state index contributed by atoms with van der Waals surface area (Å²) in [5.41, 5.74) is 0.737. The zero-order chi connectivity index (χ0) is 13.9. The molecule has 0 radical (unpaired) electrons. The maximum Gasteiger partial charge on any atom is 0.129 e. The largest absolute Gasteiger partial charge is 0.314 e. The number of piperazine rings is 1. The Balaban J connectivity index is 2.25. The molecule has 1 aliphatic heterocycles. The standard InChI is InChI=1S/C15H22ClFN2/c1-3-15(4-2)11-18-8-9-19(15)10-12-13(16)6-5-7-14(12)17/h5-7,18H,3-4,8-11H2,1-2H3. The molecule has 0 aliphatic carbocycles. The van der Waals surface area contributed by atoms with Gasteiger partial charge in [-0.15, -0.1) is 0 Å². The van der Waals surface area contributed by atoms with Crippen LogP contribution in [0.25, 0.3) is 0 Å². The summed E-state index contributed by atoms with van der Waals surface area (Å²) in [7, 11) is 0. The smallest absolute Gasteiger partial charge is 0.129 e. The zero-order valence-corrected chi connectivity index (χ0v) is 12.4. The molecule has 0 aromatic heterocycles. The summed E-state index contributed by atoms with van der Waals surface area (Å²) in [5.74, 6) is -0.202. The number of hydrogen-bond donors (Lipinski definition) is 1. The van der Waals surface area contributed by atoms with Crippen LogP contribution in [0.15, 0.2) is 18.2 Å². The van der Waals surface area contributed by atoms with Crippen molar-refractivity contribution in [3.8, 4) is 0 Å². The fourth-order valence-corrected chi connectivity index (χ4v) is 3.18. The first kappa shape index (κ1) is 14.8. The van der Waals surface area contributed by atoms with Gasteiger partial charge in [-0.25, -0.2) is 4.39 Å². The number of nitrogens with zero attached hydrogens (tertiary/aromatic N) is 1. The van der Waals surface area contributed by atoms with E-state index in [1.54, 1.807) is 12.1 Å². The molecule has 0 spiro atoms. The Labute approximate surface area is 119 Å². The summed E-state index contributed by atoms with van der Waals surface area (Å²) in [4.78, 5) is 2.38. The van der Waals surface area contributed by atoms with Gasteiger partial charge in [-0.1, -0.05) is 31.5 Å². The molecular formula is C15H22ClFN2. The van der Waals surface area contributed by atoms with E-state index in [0.717, 1.165) is 32.5 Å². The van der Waals surface area contributed by atoms with E-state index in [2.05, 4.69) is 24.1 Å². The van der Waals surface area contributed by atoms with Gasteiger partial charge in [-0.2, -0.15) is 0 Å². The van der Waals surface area contributed by atoms with Crippen molar-refractivity contribution in [2.24, 2.45) is 0 Å². The highest BCUT2D eigenvalue weighted by Crippen LogP contribution is 2.30. The summed E-state index contributed by atoms with van der Waals surface area (Å²) in [5, 5.41) is 3.98. The molecule has 106 valence electrons. The van der Waals surface area contributed by atoms with Gasteiger partial charge < -0.3 is 5.32 Å². The summed E-state index contributed by atoms with van der Waals surface area (Å²) >= 11 is 6.15. The van der Waals surface area contributed by atoms with E-state index < -0.39 is 0 Å². The van der Waals surface area contributed by atoms with Crippen molar-refractivity contribution in [3.63, 3.8) is 0 Å². The first-order chi connectivity index (χ1) is 9.13. The van der Waals surface area contributed by atoms with Gasteiger partial charge >= 0.3 is 0 Å². The molecular weight excluding hydrogens is 263 g/mol. The molecule has 0 atom stereocenters.